The Balaban J connectivity index is 0.000000829. The molecule has 1 heteroatoms. The van der Waals surface area contributed by atoms with E-state index in [0.717, 1.165) is 11.3 Å². The van der Waals surface area contributed by atoms with E-state index in [1.165, 1.54) is 33.4 Å². The lowest BCUT2D eigenvalue weighted by Crippen LogP contribution is -2.36. The molecule has 1 spiro atoms. The van der Waals surface area contributed by atoms with E-state index in [9.17, 15) is 0 Å². The van der Waals surface area contributed by atoms with Crippen LogP contribution in [-0.4, -0.2) is 0 Å². The van der Waals surface area contributed by atoms with Crippen LogP contribution < -0.4 is 4.74 Å². The summed E-state index contributed by atoms with van der Waals surface area (Å²) in [5.74, 6) is 0.942. The lowest BCUT2D eigenvalue weighted by Gasteiger charge is -2.39. The fraction of sp³-hybridized carbons (Fsp3) is 0.111. The molecule has 2 aliphatic rings. The van der Waals surface area contributed by atoms with Crippen molar-refractivity contribution in [3.8, 4) is 28.0 Å². The third kappa shape index (κ3) is 2.07. The molecule has 136 valence electrons. The summed E-state index contributed by atoms with van der Waals surface area (Å²) in [6.07, 6.45) is 0. The van der Waals surface area contributed by atoms with Gasteiger partial charge in [0.15, 0.2) is 5.60 Å². The lowest BCUT2D eigenvalue weighted by molar-refractivity contribution is 0.157. The first-order valence-electron chi connectivity index (χ1n) is 9.97. The Morgan fingerprint density at radius 3 is 1.32 bits per heavy atom. The molecule has 0 saturated heterocycles. The molecule has 0 unspecified atom stereocenters. The van der Waals surface area contributed by atoms with Gasteiger partial charge in [0.1, 0.15) is 5.75 Å². The second-order valence-corrected chi connectivity index (χ2v) is 6.92. The third-order valence-electron chi connectivity index (χ3n) is 5.65. The number of hydrogen-bond acceptors (Lipinski definition) is 1. The van der Waals surface area contributed by atoms with Crippen LogP contribution >= 0.6 is 0 Å². The maximum absolute atomic E-state index is 6.86. The number of rotatable bonds is 0. The summed E-state index contributed by atoms with van der Waals surface area (Å²) in [5, 5.41) is 0. The van der Waals surface area contributed by atoms with Gasteiger partial charge in [0.05, 0.1) is 0 Å². The van der Waals surface area contributed by atoms with Crippen molar-refractivity contribution in [1.29, 1.82) is 0 Å². The molecule has 6 rings (SSSR count). The number of hydrogen-bond donors (Lipinski definition) is 0. The SMILES string of the molecule is CC.c1ccc2c(c1)OC1(c3ccccc3-2)c2ccccc2-c2ccccc21. The van der Waals surface area contributed by atoms with E-state index in [0.29, 0.717) is 0 Å². The van der Waals surface area contributed by atoms with Crippen molar-refractivity contribution in [2.75, 3.05) is 0 Å². The molecule has 0 saturated carbocycles. The van der Waals surface area contributed by atoms with Gasteiger partial charge in [-0.2, -0.15) is 0 Å². The van der Waals surface area contributed by atoms with Crippen LogP contribution in [0.3, 0.4) is 0 Å². The van der Waals surface area contributed by atoms with Crippen LogP contribution in [0.4, 0.5) is 0 Å². The van der Waals surface area contributed by atoms with Gasteiger partial charge in [-0.15, -0.1) is 0 Å². The molecule has 0 atom stereocenters. The third-order valence-corrected chi connectivity index (χ3v) is 5.65. The van der Waals surface area contributed by atoms with E-state index in [1.807, 2.05) is 19.9 Å². The fourth-order valence-corrected chi connectivity index (χ4v) is 4.62. The Kier molecular flexibility index (Phi) is 3.84. The normalized spacial score (nSPS) is 13.9. The summed E-state index contributed by atoms with van der Waals surface area (Å²) in [5.41, 5.74) is 8.02. The van der Waals surface area contributed by atoms with E-state index in [-0.39, 0.29) is 0 Å². The van der Waals surface area contributed by atoms with Crippen molar-refractivity contribution in [1.82, 2.24) is 0 Å². The molecule has 0 radical (unpaired) electrons. The maximum atomic E-state index is 6.86. The molecule has 4 aromatic carbocycles. The zero-order chi connectivity index (χ0) is 19.1. The van der Waals surface area contributed by atoms with Crippen LogP contribution in [0.2, 0.25) is 0 Å². The Bertz CT molecular complexity index is 1130. The summed E-state index contributed by atoms with van der Waals surface area (Å²) in [7, 11) is 0. The molecule has 0 bridgehead atoms. The minimum absolute atomic E-state index is 0.585. The Hall–Kier alpha value is -3.32. The van der Waals surface area contributed by atoms with E-state index in [1.54, 1.807) is 0 Å². The molecule has 0 amide bonds. The number of fused-ring (bicyclic) bond motifs is 9. The highest BCUT2D eigenvalue weighted by Gasteiger charge is 2.50. The van der Waals surface area contributed by atoms with Gasteiger partial charge >= 0.3 is 0 Å². The first kappa shape index (κ1) is 16.8. The van der Waals surface area contributed by atoms with Gasteiger partial charge in [-0.3, -0.25) is 0 Å². The lowest BCUT2D eigenvalue weighted by atomic mass is 9.78. The average molecular weight is 362 g/mol. The van der Waals surface area contributed by atoms with Crippen molar-refractivity contribution >= 4 is 0 Å². The molecular formula is C27H22O. The predicted octanol–water partition coefficient (Wildman–Crippen LogP) is 7.04. The largest absolute Gasteiger partial charge is 0.472 e. The summed E-state index contributed by atoms with van der Waals surface area (Å²) in [4.78, 5) is 0. The molecule has 0 fully saturated rings. The highest BCUT2D eigenvalue weighted by atomic mass is 16.5. The smallest absolute Gasteiger partial charge is 0.186 e. The monoisotopic (exact) mass is 362 g/mol. The first-order valence-corrected chi connectivity index (χ1v) is 9.97. The Labute approximate surface area is 166 Å². The summed E-state index contributed by atoms with van der Waals surface area (Å²) < 4.78 is 6.86. The Morgan fingerprint density at radius 2 is 0.821 bits per heavy atom. The molecule has 1 heterocycles. The molecular weight excluding hydrogens is 340 g/mol. The summed E-state index contributed by atoms with van der Waals surface area (Å²) in [6.45, 7) is 4.00. The van der Waals surface area contributed by atoms with Gasteiger partial charge in [-0.05, 0) is 22.8 Å². The highest BCUT2D eigenvalue weighted by Crippen LogP contribution is 2.58. The highest BCUT2D eigenvalue weighted by molar-refractivity contribution is 5.87. The average Bonchev–Trinajstić information content (AvgIpc) is 3.06. The van der Waals surface area contributed by atoms with Crippen molar-refractivity contribution in [3.63, 3.8) is 0 Å². The second-order valence-electron chi connectivity index (χ2n) is 6.92. The molecule has 4 aromatic rings. The number of benzene rings is 4. The Morgan fingerprint density at radius 1 is 0.464 bits per heavy atom. The molecule has 1 nitrogen and oxygen atoms in total. The zero-order valence-corrected chi connectivity index (χ0v) is 16.1. The minimum atomic E-state index is -0.585. The van der Waals surface area contributed by atoms with Gasteiger partial charge in [0, 0.05) is 22.3 Å². The van der Waals surface area contributed by atoms with Crippen LogP contribution in [-0.2, 0) is 5.60 Å². The molecule has 1 aliphatic carbocycles. The van der Waals surface area contributed by atoms with Gasteiger partial charge in [-0.25, -0.2) is 0 Å². The van der Waals surface area contributed by atoms with Gasteiger partial charge in [0.2, 0.25) is 0 Å². The first-order chi connectivity index (χ1) is 13.9. The second kappa shape index (κ2) is 6.38. The molecule has 0 aromatic heterocycles. The van der Waals surface area contributed by atoms with E-state index in [4.69, 9.17) is 4.74 Å². The van der Waals surface area contributed by atoms with Gasteiger partial charge in [-0.1, -0.05) is 105 Å². The van der Waals surface area contributed by atoms with Crippen molar-refractivity contribution in [2.24, 2.45) is 0 Å². The standard InChI is InChI=1S/C25H16O.C2H6/c1-5-13-21-17(9-1)18-10-2-6-14-22(18)25(21)23-15-7-3-11-19(23)20-12-4-8-16-24(20)26-25;1-2/h1-16H;1-2H3. The van der Waals surface area contributed by atoms with Crippen LogP contribution in [0.15, 0.2) is 97.1 Å². The minimum Gasteiger partial charge on any atom is -0.472 e. The molecule has 0 N–H and O–H groups in total. The van der Waals surface area contributed by atoms with E-state index >= 15 is 0 Å². The van der Waals surface area contributed by atoms with Gasteiger partial charge in [0.25, 0.3) is 0 Å². The number of ether oxygens (including phenoxy) is 1. The van der Waals surface area contributed by atoms with Crippen LogP contribution in [0.1, 0.15) is 30.5 Å². The molecule has 28 heavy (non-hydrogen) atoms. The van der Waals surface area contributed by atoms with Crippen molar-refractivity contribution in [2.45, 2.75) is 19.4 Å². The van der Waals surface area contributed by atoms with Gasteiger partial charge < -0.3 is 4.74 Å². The maximum Gasteiger partial charge on any atom is 0.186 e. The topological polar surface area (TPSA) is 9.23 Å². The van der Waals surface area contributed by atoms with Crippen molar-refractivity contribution < 1.29 is 4.74 Å². The van der Waals surface area contributed by atoms with Crippen LogP contribution in [0, 0.1) is 0 Å². The zero-order valence-electron chi connectivity index (χ0n) is 16.1. The van der Waals surface area contributed by atoms with E-state index < -0.39 is 5.60 Å². The predicted molar refractivity (Wildman–Crippen MR) is 116 cm³/mol. The van der Waals surface area contributed by atoms with Crippen molar-refractivity contribution in [3.05, 3.63) is 114 Å². The molecule has 1 aliphatic heterocycles. The summed E-state index contributed by atoms with van der Waals surface area (Å²) in [6, 6.07) is 34.3. The fourth-order valence-electron chi connectivity index (χ4n) is 4.62. The quantitative estimate of drug-likeness (QED) is 0.326. The van der Waals surface area contributed by atoms with E-state index in [2.05, 4.69) is 91.0 Å². The van der Waals surface area contributed by atoms with Crippen LogP contribution in [0.25, 0.3) is 22.3 Å². The number of para-hydroxylation sites is 1. The summed E-state index contributed by atoms with van der Waals surface area (Å²) >= 11 is 0. The van der Waals surface area contributed by atoms with Crippen LogP contribution in [0.5, 0.6) is 5.75 Å².